The maximum absolute atomic E-state index is 15.2. The lowest BCUT2D eigenvalue weighted by atomic mass is 10.1. The molecule has 0 spiro atoms. The number of rotatable bonds is 8. The Morgan fingerprint density at radius 1 is 1.05 bits per heavy atom. The van der Waals surface area contributed by atoms with E-state index in [9.17, 15) is 13.7 Å². The highest BCUT2D eigenvalue weighted by molar-refractivity contribution is 7.92. The molecule has 2 aromatic carbocycles. The van der Waals surface area contributed by atoms with E-state index in [1.54, 1.807) is 50.5 Å². The van der Waals surface area contributed by atoms with Gasteiger partial charge in [-0.25, -0.2) is 17.8 Å². The molecule has 11 heteroatoms. The number of nitrogens with one attached hydrogen (secondary N) is 1. The standard InChI is InChI=1S/C28H29FN4O5S/c1-28(2,3)39(34,35)26-16-33-23(15-32-27(33)12-25(26)38-6)18-9-21(29)20(13-30)22(10-18)31-14-17-7-8-19(36-4)11-24(17)37-5/h7-12,15-16,31H,14H2,1-6H3. The monoisotopic (exact) mass is 552 g/mol. The van der Waals surface area contributed by atoms with E-state index in [-0.39, 0.29) is 28.4 Å². The zero-order chi connectivity index (χ0) is 28.5. The maximum atomic E-state index is 15.2. The number of hydrogen-bond donors (Lipinski definition) is 1. The summed E-state index contributed by atoms with van der Waals surface area (Å²) < 4.78 is 58.3. The van der Waals surface area contributed by atoms with E-state index in [4.69, 9.17) is 14.2 Å². The second-order valence-electron chi connectivity index (χ2n) is 9.72. The van der Waals surface area contributed by atoms with Gasteiger partial charge < -0.3 is 19.5 Å². The SMILES string of the molecule is COc1ccc(CNc2cc(-c3cnc4cc(OC)c(S(=O)(=O)C(C)(C)C)cn34)cc(F)c2C#N)c(OC)c1. The molecular formula is C28H29FN4O5S. The van der Waals surface area contributed by atoms with Crippen molar-refractivity contribution < 1.29 is 27.0 Å². The molecule has 9 nitrogen and oxygen atoms in total. The zero-order valence-corrected chi connectivity index (χ0v) is 23.3. The van der Waals surface area contributed by atoms with Gasteiger partial charge in [0, 0.05) is 36.0 Å². The third-order valence-electron chi connectivity index (χ3n) is 6.35. The molecule has 2 aromatic heterocycles. The Morgan fingerprint density at radius 2 is 1.77 bits per heavy atom. The van der Waals surface area contributed by atoms with Gasteiger partial charge in [-0.2, -0.15) is 5.26 Å². The highest BCUT2D eigenvalue weighted by Gasteiger charge is 2.34. The van der Waals surface area contributed by atoms with Crippen molar-refractivity contribution in [2.75, 3.05) is 26.6 Å². The highest BCUT2D eigenvalue weighted by atomic mass is 32.2. The van der Waals surface area contributed by atoms with Gasteiger partial charge in [-0.15, -0.1) is 0 Å². The molecule has 0 saturated heterocycles. The highest BCUT2D eigenvalue weighted by Crippen LogP contribution is 2.36. The molecule has 0 fully saturated rings. The first-order chi connectivity index (χ1) is 18.4. The van der Waals surface area contributed by atoms with E-state index >= 15 is 4.39 Å². The number of nitrogens with zero attached hydrogens (tertiary/aromatic N) is 3. The number of halogens is 1. The first-order valence-electron chi connectivity index (χ1n) is 11.9. The Balaban J connectivity index is 1.81. The van der Waals surface area contributed by atoms with Gasteiger partial charge in [0.25, 0.3) is 0 Å². The van der Waals surface area contributed by atoms with Crippen LogP contribution in [-0.2, 0) is 16.4 Å². The topological polar surface area (TPSA) is 115 Å². The lowest BCUT2D eigenvalue weighted by molar-refractivity contribution is 0.391. The lowest BCUT2D eigenvalue weighted by Gasteiger charge is -2.21. The Hall–Kier alpha value is -4.30. The molecule has 0 atom stereocenters. The summed E-state index contributed by atoms with van der Waals surface area (Å²) in [5.41, 5.74) is 2.12. The molecule has 0 aliphatic carbocycles. The van der Waals surface area contributed by atoms with E-state index in [0.29, 0.717) is 28.4 Å². The van der Waals surface area contributed by atoms with E-state index in [0.717, 1.165) is 5.56 Å². The molecule has 0 aliphatic heterocycles. The Labute approximate surface area is 226 Å². The smallest absolute Gasteiger partial charge is 0.188 e. The number of pyridine rings is 1. The number of sulfone groups is 1. The number of fused-ring (bicyclic) bond motifs is 1. The van der Waals surface area contributed by atoms with Crippen LogP contribution in [0.2, 0.25) is 0 Å². The van der Waals surface area contributed by atoms with Crippen LogP contribution in [-0.4, -0.2) is 43.9 Å². The van der Waals surface area contributed by atoms with Crippen molar-refractivity contribution in [2.45, 2.75) is 37.0 Å². The largest absolute Gasteiger partial charge is 0.497 e. The first-order valence-corrected chi connectivity index (χ1v) is 13.4. The third kappa shape index (κ3) is 5.07. The summed E-state index contributed by atoms with van der Waals surface area (Å²) in [6.45, 7) is 5.05. The molecule has 0 bridgehead atoms. The normalized spacial score (nSPS) is 11.7. The zero-order valence-electron chi connectivity index (χ0n) is 22.5. The summed E-state index contributed by atoms with van der Waals surface area (Å²) in [7, 11) is 0.691. The minimum atomic E-state index is -3.79. The summed E-state index contributed by atoms with van der Waals surface area (Å²) in [5, 5.41) is 12.8. The van der Waals surface area contributed by atoms with Crippen LogP contribution in [0.1, 0.15) is 31.9 Å². The molecule has 1 N–H and O–H groups in total. The van der Waals surface area contributed by atoms with Crippen LogP contribution in [0.3, 0.4) is 0 Å². The molecule has 4 rings (SSSR count). The van der Waals surface area contributed by atoms with Crippen molar-refractivity contribution in [2.24, 2.45) is 0 Å². The minimum Gasteiger partial charge on any atom is -0.497 e. The van der Waals surface area contributed by atoms with Gasteiger partial charge in [0.2, 0.25) is 0 Å². The number of anilines is 1. The third-order valence-corrected chi connectivity index (χ3v) is 8.85. The summed E-state index contributed by atoms with van der Waals surface area (Å²) in [5.74, 6) is 0.625. The van der Waals surface area contributed by atoms with Crippen LogP contribution in [0.15, 0.2) is 53.7 Å². The Morgan fingerprint density at radius 3 is 2.38 bits per heavy atom. The summed E-state index contributed by atoms with van der Waals surface area (Å²) in [6, 6.07) is 11.6. The second-order valence-corrected chi connectivity index (χ2v) is 12.4. The summed E-state index contributed by atoms with van der Waals surface area (Å²) in [6.07, 6.45) is 2.95. The average molecular weight is 553 g/mol. The van der Waals surface area contributed by atoms with Crippen LogP contribution in [0.25, 0.3) is 16.9 Å². The molecule has 2 heterocycles. The van der Waals surface area contributed by atoms with Crippen molar-refractivity contribution in [1.29, 1.82) is 5.26 Å². The second kappa shape index (κ2) is 10.5. The number of nitriles is 1. The van der Waals surface area contributed by atoms with Gasteiger partial charge in [0.05, 0.1) is 43.7 Å². The van der Waals surface area contributed by atoms with Gasteiger partial charge in [0.15, 0.2) is 9.84 Å². The summed E-state index contributed by atoms with van der Waals surface area (Å²) in [4.78, 5) is 4.36. The predicted octanol–water partition coefficient (Wildman–Crippen LogP) is 5.22. The van der Waals surface area contributed by atoms with E-state index in [1.807, 2.05) is 12.1 Å². The predicted molar refractivity (Wildman–Crippen MR) is 146 cm³/mol. The number of imidazole rings is 1. The molecule has 0 unspecified atom stereocenters. The molecule has 0 radical (unpaired) electrons. The molecule has 4 aromatic rings. The van der Waals surface area contributed by atoms with Gasteiger partial charge in [0.1, 0.15) is 45.2 Å². The molecular weight excluding hydrogens is 523 g/mol. The lowest BCUT2D eigenvalue weighted by Crippen LogP contribution is -2.28. The average Bonchev–Trinajstić information content (AvgIpc) is 3.33. The number of hydrogen-bond acceptors (Lipinski definition) is 8. The summed E-state index contributed by atoms with van der Waals surface area (Å²) >= 11 is 0. The molecule has 0 amide bonds. The Bertz CT molecular complexity index is 1700. The van der Waals surface area contributed by atoms with Crippen LogP contribution < -0.4 is 19.5 Å². The van der Waals surface area contributed by atoms with Crippen molar-refractivity contribution in [1.82, 2.24) is 9.38 Å². The molecule has 39 heavy (non-hydrogen) atoms. The van der Waals surface area contributed by atoms with Crippen LogP contribution in [0.4, 0.5) is 10.1 Å². The van der Waals surface area contributed by atoms with Gasteiger partial charge in [-0.1, -0.05) is 0 Å². The van der Waals surface area contributed by atoms with Gasteiger partial charge in [-0.3, -0.25) is 4.40 Å². The molecule has 0 aliphatic rings. The van der Waals surface area contributed by atoms with Crippen molar-refractivity contribution in [3.8, 4) is 34.6 Å². The molecule has 204 valence electrons. The minimum absolute atomic E-state index is 0.0108. The fourth-order valence-corrected chi connectivity index (χ4v) is 5.40. The van der Waals surface area contributed by atoms with Crippen molar-refractivity contribution in [3.05, 3.63) is 65.7 Å². The van der Waals surface area contributed by atoms with E-state index in [1.165, 1.54) is 38.7 Å². The number of aromatic nitrogens is 2. The number of ether oxygens (including phenoxy) is 3. The van der Waals surface area contributed by atoms with Crippen LogP contribution in [0, 0.1) is 17.1 Å². The Kier molecular flexibility index (Phi) is 7.44. The number of methoxy groups -OCH3 is 3. The van der Waals surface area contributed by atoms with Crippen molar-refractivity contribution in [3.63, 3.8) is 0 Å². The quantitative estimate of drug-likeness (QED) is 0.316. The molecule has 0 saturated carbocycles. The number of benzene rings is 2. The van der Waals surface area contributed by atoms with Crippen LogP contribution in [0.5, 0.6) is 17.2 Å². The van der Waals surface area contributed by atoms with Gasteiger partial charge >= 0.3 is 0 Å². The van der Waals surface area contributed by atoms with Crippen molar-refractivity contribution >= 4 is 21.2 Å². The van der Waals surface area contributed by atoms with Crippen LogP contribution >= 0.6 is 0 Å². The first kappa shape index (κ1) is 27.7. The fraction of sp³-hybridized carbons (Fsp3) is 0.286. The maximum Gasteiger partial charge on any atom is 0.188 e. The van der Waals surface area contributed by atoms with E-state index in [2.05, 4.69) is 10.3 Å². The fourth-order valence-electron chi connectivity index (χ4n) is 4.09. The van der Waals surface area contributed by atoms with E-state index < -0.39 is 20.4 Å². The van der Waals surface area contributed by atoms with Gasteiger partial charge in [-0.05, 0) is 45.0 Å².